The SMILES string of the molecule is CCOc1ccc(NC(=S)N/N=C(/C)c2ccc(Br)cc2)cc1. The number of thiocarbonyl (C=S) groups is 1. The number of anilines is 1. The lowest BCUT2D eigenvalue weighted by atomic mass is 10.1. The van der Waals surface area contributed by atoms with Gasteiger partial charge in [0.15, 0.2) is 5.11 Å². The van der Waals surface area contributed by atoms with Gasteiger partial charge in [-0.05, 0) is 68.0 Å². The predicted molar refractivity (Wildman–Crippen MR) is 103 cm³/mol. The molecule has 6 heteroatoms. The number of halogens is 1. The normalized spacial score (nSPS) is 11.0. The monoisotopic (exact) mass is 391 g/mol. The molecule has 0 atom stereocenters. The number of hydrogen-bond acceptors (Lipinski definition) is 3. The van der Waals surface area contributed by atoms with Crippen LogP contribution in [0.1, 0.15) is 19.4 Å². The highest BCUT2D eigenvalue weighted by Gasteiger charge is 2.00. The molecule has 0 bridgehead atoms. The standard InChI is InChI=1S/C17H18BrN3OS/c1-3-22-16-10-8-15(9-11-16)19-17(23)21-20-12(2)13-4-6-14(18)7-5-13/h4-11H,3H2,1-2H3,(H2,19,21,23)/b20-12-. The molecule has 0 aliphatic carbocycles. The zero-order valence-corrected chi connectivity index (χ0v) is 15.4. The van der Waals surface area contributed by atoms with Crippen molar-refractivity contribution >= 4 is 44.7 Å². The van der Waals surface area contributed by atoms with Gasteiger partial charge in [-0.25, -0.2) is 0 Å². The van der Waals surface area contributed by atoms with Crippen LogP contribution in [-0.2, 0) is 0 Å². The molecule has 23 heavy (non-hydrogen) atoms. The van der Waals surface area contributed by atoms with Crippen LogP contribution in [-0.4, -0.2) is 17.4 Å². The van der Waals surface area contributed by atoms with Crippen molar-refractivity contribution in [2.45, 2.75) is 13.8 Å². The largest absolute Gasteiger partial charge is 0.494 e. The van der Waals surface area contributed by atoms with Crippen LogP contribution in [0, 0.1) is 0 Å². The van der Waals surface area contributed by atoms with E-state index in [1.165, 1.54) is 0 Å². The van der Waals surface area contributed by atoms with E-state index in [0.29, 0.717) is 11.7 Å². The van der Waals surface area contributed by atoms with E-state index in [9.17, 15) is 0 Å². The van der Waals surface area contributed by atoms with Crippen LogP contribution in [0.2, 0.25) is 0 Å². The second-order valence-electron chi connectivity index (χ2n) is 4.73. The van der Waals surface area contributed by atoms with Crippen molar-refractivity contribution in [1.29, 1.82) is 0 Å². The van der Waals surface area contributed by atoms with Crippen molar-refractivity contribution in [3.8, 4) is 5.75 Å². The minimum Gasteiger partial charge on any atom is -0.494 e. The Labute approximate surface area is 150 Å². The average molecular weight is 392 g/mol. The number of benzene rings is 2. The lowest BCUT2D eigenvalue weighted by molar-refractivity contribution is 0.340. The first-order valence-corrected chi connectivity index (χ1v) is 8.38. The van der Waals surface area contributed by atoms with Gasteiger partial charge in [0.1, 0.15) is 5.75 Å². The van der Waals surface area contributed by atoms with E-state index in [2.05, 4.69) is 31.8 Å². The van der Waals surface area contributed by atoms with Crippen molar-refractivity contribution < 1.29 is 4.74 Å². The first-order valence-electron chi connectivity index (χ1n) is 7.18. The minimum atomic E-state index is 0.436. The number of ether oxygens (including phenoxy) is 1. The van der Waals surface area contributed by atoms with E-state index >= 15 is 0 Å². The Morgan fingerprint density at radius 2 is 1.78 bits per heavy atom. The zero-order chi connectivity index (χ0) is 16.7. The summed E-state index contributed by atoms with van der Waals surface area (Å²) in [5, 5.41) is 7.80. The maximum Gasteiger partial charge on any atom is 0.191 e. The highest BCUT2D eigenvalue weighted by molar-refractivity contribution is 9.10. The van der Waals surface area contributed by atoms with Gasteiger partial charge < -0.3 is 10.1 Å². The summed E-state index contributed by atoms with van der Waals surface area (Å²) in [6.45, 7) is 4.53. The van der Waals surface area contributed by atoms with Gasteiger partial charge in [0.2, 0.25) is 0 Å². The van der Waals surface area contributed by atoms with Gasteiger partial charge in [0.25, 0.3) is 0 Å². The third-order valence-corrected chi connectivity index (χ3v) is 3.73. The maximum absolute atomic E-state index is 5.40. The molecule has 2 aromatic carbocycles. The Bertz CT molecular complexity index is 684. The molecule has 0 unspecified atom stereocenters. The maximum atomic E-state index is 5.40. The molecule has 2 N–H and O–H groups in total. The summed E-state index contributed by atoms with van der Waals surface area (Å²) in [6.07, 6.45) is 0. The fourth-order valence-electron chi connectivity index (χ4n) is 1.85. The molecule has 0 radical (unpaired) electrons. The highest BCUT2D eigenvalue weighted by atomic mass is 79.9. The van der Waals surface area contributed by atoms with Crippen molar-refractivity contribution in [3.05, 3.63) is 58.6 Å². The molecular formula is C17H18BrN3OS. The van der Waals surface area contributed by atoms with Crippen LogP contribution in [0.15, 0.2) is 58.1 Å². The van der Waals surface area contributed by atoms with E-state index < -0.39 is 0 Å². The summed E-state index contributed by atoms with van der Waals surface area (Å²) in [7, 11) is 0. The zero-order valence-electron chi connectivity index (χ0n) is 13.0. The van der Waals surface area contributed by atoms with Crippen LogP contribution in [0.5, 0.6) is 5.75 Å². The minimum absolute atomic E-state index is 0.436. The van der Waals surface area contributed by atoms with Crippen molar-refractivity contribution in [2.24, 2.45) is 5.10 Å². The van der Waals surface area contributed by atoms with Crippen molar-refractivity contribution in [1.82, 2.24) is 5.43 Å². The summed E-state index contributed by atoms with van der Waals surface area (Å²) >= 11 is 8.65. The summed E-state index contributed by atoms with van der Waals surface area (Å²) in [4.78, 5) is 0. The van der Waals surface area contributed by atoms with Crippen LogP contribution >= 0.6 is 28.1 Å². The predicted octanol–water partition coefficient (Wildman–Crippen LogP) is 4.56. The van der Waals surface area contributed by atoms with Crippen molar-refractivity contribution in [2.75, 3.05) is 11.9 Å². The van der Waals surface area contributed by atoms with Gasteiger partial charge in [0.05, 0.1) is 12.3 Å². The first-order chi connectivity index (χ1) is 11.1. The molecule has 0 saturated carbocycles. The fraction of sp³-hybridized carbons (Fsp3) is 0.176. The van der Waals surface area contributed by atoms with Gasteiger partial charge in [-0.2, -0.15) is 5.10 Å². The molecule has 0 saturated heterocycles. The lowest BCUT2D eigenvalue weighted by Gasteiger charge is -2.09. The Kier molecular flexibility index (Phi) is 6.55. The van der Waals surface area contributed by atoms with Crippen LogP contribution in [0.25, 0.3) is 0 Å². The number of rotatable bonds is 5. The van der Waals surface area contributed by atoms with Crippen molar-refractivity contribution in [3.63, 3.8) is 0 Å². The Morgan fingerprint density at radius 1 is 1.13 bits per heavy atom. The Morgan fingerprint density at radius 3 is 2.39 bits per heavy atom. The lowest BCUT2D eigenvalue weighted by Crippen LogP contribution is -2.24. The van der Waals surface area contributed by atoms with E-state index in [1.807, 2.05) is 62.4 Å². The number of hydrazone groups is 1. The third-order valence-electron chi connectivity index (χ3n) is 3.01. The van der Waals surface area contributed by atoms with E-state index in [0.717, 1.165) is 27.2 Å². The molecule has 0 amide bonds. The Hall–Kier alpha value is -1.92. The molecule has 0 aromatic heterocycles. The number of nitrogens with zero attached hydrogens (tertiary/aromatic N) is 1. The second kappa shape index (κ2) is 8.64. The van der Waals surface area contributed by atoms with Gasteiger partial charge in [-0.15, -0.1) is 0 Å². The van der Waals surface area contributed by atoms with Crippen LogP contribution < -0.4 is 15.5 Å². The Balaban J connectivity index is 1.91. The highest BCUT2D eigenvalue weighted by Crippen LogP contribution is 2.15. The second-order valence-corrected chi connectivity index (χ2v) is 6.05. The molecular weight excluding hydrogens is 374 g/mol. The summed E-state index contributed by atoms with van der Waals surface area (Å²) in [6, 6.07) is 15.5. The molecule has 0 fully saturated rings. The fourth-order valence-corrected chi connectivity index (χ4v) is 2.28. The summed E-state index contributed by atoms with van der Waals surface area (Å²) < 4.78 is 6.44. The van der Waals surface area contributed by atoms with Gasteiger partial charge in [0, 0.05) is 10.2 Å². The summed E-state index contributed by atoms with van der Waals surface area (Å²) in [5.74, 6) is 0.834. The smallest absolute Gasteiger partial charge is 0.191 e. The summed E-state index contributed by atoms with van der Waals surface area (Å²) in [5.41, 5.74) is 5.61. The van der Waals surface area contributed by atoms with E-state index in [1.54, 1.807) is 0 Å². The molecule has 120 valence electrons. The number of hydrogen-bond donors (Lipinski definition) is 2. The molecule has 2 rings (SSSR count). The molecule has 0 heterocycles. The molecule has 0 aliphatic rings. The van der Waals surface area contributed by atoms with Gasteiger partial charge in [-0.3, -0.25) is 5.43 Å². The van der Waals surface area contributed by atoms with Crippen LogP contribution in [0.3, 0.4) is 0 Å². The first kappa shape index (κ1) is 17.4. The third kappa shape index (κ3) is 5.65. The van der Waals surface area contributed by atoms with E-state index in [-0.39, 0.29) is 0 Å². The molecule has 0 spiro atoms. The molecule has 4 nitrogen and oxygen atoms in total. The number of nitrogens with one attached hydrogen (secondary N) is 2. The molecule has 2 aromatic rings. The van der Waals surface area contributed by atoms with Gasteiger partial charge >= 0.3 is 0 Å². The van der Waals surface area contributed by atoms with Gasteiger partial charge in [-0.1, -0.05) is 28.1 Å². The average Bonchev–Trinajstić information content (AvgIpc) is 2.55. The quantitative estimate of drug-likeness (QED) is 0.445. The topological polar surface area (TPSA) is 45.6 Å². The molecule has 0 aliphatic heterocycles. The van der Waals surface area contributed by atoms with E-state index in [4.69, 9.17) is 17.0 Å². The van der Waals surface area contributed by atoms with Crippen LogP contribution in [0.4, 0.5) is 5.69 Å².